The fourth-order valence-corrected chi connectivity index (χ4v) is 7.44. The van der Waals surface area contributed by atoms with Crippen LogP contribution in [0.15, 0.2) is 47.6 Å². The van der Waals surface area contributed by atoms with Crippen LogP contribution in [0.25, 0.3) is 0 Å². The Balaban J connectivity index is 1.48. The standard InChI is InChI=1S/C30H46/c1-20-18-23(4)24(5)27(19-20)14-13-26-8-7-17-30(6)28(15-16-29(26)30)22(3)10-9-21(2)25-11-12-25/h9-10,13-14,20-23,25,28-29H,5,7-8,11-12,15-19H2,1-4,6H3/b10-9+,26-13+,27-14+/t20-,21+,22+,23-,28+,29-,30+/m0/s1. The van der Waals surface area contributed by atoms with Gasteiger partial charge in [0.15, 0.2) is 0 Å². The van der Waals surface area contributed by atoms with E-state index < -0.39 is 0 Å². The molecule has 0 N–H and O–H groups in total. The summed E-state index contributed by atoms with van der Waals surface area (Å²) in [6.45, 7) is 16.8. The van der Waals surface area contributed by atoms with Crippen molar-refractivity contribution < 1.29 is 0 Å². The molecule has 0 aromatic rings. The van der Waals surface area contributed by atoms with E-state index in [1.807, 2.05) is 0 Å². The monoisotopic (exact) mass is 406 g/mol. The highest BCUT2D eigenvalue weighted by Crippen LogP contribution is 2.59. The fourth-order valence-electron chi connectivity index (χ4n) is 7.44. The number of hydrogen-bond donors (Lipinski definition) is 0. The van der Waals surface area contributed by atoms with Crippen molar-refractivity contribution in [1.82, 2.24) is 0 Å². The minimum atomic E-state index is 0.499. The molecule has 0 heterocycles. The third-order valence-corrected chi connectivity index (χ3v) is 9.59. The quantitative estimate of drug-likeness (QED) is 0.400. The molecule has 0 unspecified atom stereocenters. The summed E-state index contributed by atoms with van der Waals surface area (Å²) in [7, 11) is 0. The van der Waals surface area contributed by atoms with Crippen LogP contribution in [0.1, 0.15) is 92.4 Å². The van der Waals surface area contributed by atoms with Crippen LogP contribution in [0, 0.1) is 46.8 Å². The summed E-state index contributed by atoms with van der Waals surface area (Å²) in [4.78, 5) is 0. The second-order valence-corrected chi connectivity index (χ2v) is 11.9. The molecular weight excluding hydrogens is 360 g/mol. The predicted octanol–water partition coefficient (Wildman–Crippen LogP) is 8.92. The molecule has 30 heavy (non-hydrogen) atoms. The van der Waals surface area contributed by atoms with Gasteiger partial charge >= 0.3 is 0 Å². The Morgan fingerprint density at radius 1 is 1.00 bits per heavy atom. The van der Waals surface area contributed by atoms with Crippen molar-refractivity contribution in [2.24, 2.45) is 46.8 Å². The molecule has 0 saturated heterocycles. The zero-order valence-corrected chi connectivity index (χ0v) is 20.4. The van der Waals surface area contributed by atoms with Gasteiger partial charge in [0.25, 0.3) is 0 Å². The Kier molecular flexibility index (Phi) is 6.53. The van der Waals surface area contributed by atoms with Crippen molar-refractivity contribution in [2.75, 3.05) is 0 Å². The summed E-state index contributed by atoms with van der Waals surface area (Å²) in [5.41, 5.74) is 5.18. The topological polar surface area (TPSA) is 0 Å². The minimum Gasteiger partial charge on any atom is -0.0953 e. The molecule has 0 nitrogen and oxygen atoms in total. The van der Waals surface area contributed by atoms with Gasteiger partial charge in [-0.3, -0.25) is 0 Å². The lowest BCUT2D eigenvalue weighted by Gasteiger charge is -2.44. The van der Waals surface area contributed by atoms with Gasteiger partial charge in [0.2, 0.25) is 0 Å². The van der Waals surface area contributed by atoms with Gasteiger partial charge in [-0.25, -0.2) is 0 Å². The Labute approximate surface area is 187 Å². The molecule has 0 aromatic carbocycles. The molecule has 4 aliphatic rings. The third kappa shape index (κ3) is 4.44. The lowest BCUT2D eigenvalue weighted by atomic mass is 9.61. The number of hydrogen-bond acceptors (Lipinski definition) is 0. The first-order valence-electron chi connectivity index (χ1n) is 13.1. The molecule has 0 aliphatic heterocycles. The SMILES string of the molecule is C=C1/C(=C/C=C2\CCC[C@]3(C)[C@@H]([C@H](C)/C=C/[C@@H](C)C4CC4)CC[C@@H]23)C[C@@H](C)C[C@@H]1C. The normalized spacial score (nSPS) is 42.1. The van der Waals surface area contributed by atoms with Crippen LogP contribution in [-0.4, -0.2) is 0 Å². The first-order valence-corrected chi connectivity index (χ1v) is 13.1. The molecule has 7 atom stereocenters. The van der Waals surface area contributed by atoms with Gasteiger partial charge in [-0.1, -0.05) is 71.1 Å². The number of fused-ring (bicyclic) bond motifs is 1. The summed E-state index contributed by atoms with van der Waals surface area (Å²) in [5.74, 6) is 5.60. The zero-order valence-electron chi connectivity index (χ0n) is 20.4. The van der Waals surface area contributed by atoms with Gasteiger partial charge < -0.3 is 0 Å². The molecule has 4 fully saturated rings. The van der Waals surface area contributed by atoms with Gasteiger partial charge in [-0.2, -0.15) is 0 Å². The predicted molar refractivity (Wildman–Crippen MR) is 131 cm³/mol. The molecule has 0 spiro atoms. The second-order valence-electron chi connectivity index (χ2n) is 11.9. The Morgan fingerprint density at radius 3 is 2.47 bits per heavy atom. The van der Waals surface area contributed by atoms with Gasteiger partial charge in [0.05, 0.1) is 0 Å². The summed E-state index contributed by atoms with van der Waals surface area (Å²) >= 11 is 0. The highest BCUT2D eigenvalue weighted by Gasteiger charge is 2.50. The molecule has 4 aliphatic carbocycles. The van der Waals surface area contributed by atoms with Crippen molar-refractivity contribution in [1.29, 1.82) is 0 Å². The lowest BCUT2D eigenvalue weighted by Crippen LogP contribution is -2.35. The van der Waals surface area contributed by atoms with Crippen LogP contribution in [-0.2, 0) is 0 Å². The summed E-state index contributed by atoms with van der Waals surface area (Å²) in [6.07, 6.45) is 22.5. The van der Waals surface area contributed by atoms with Crippen molar-refractivity contribution in [3.8, 4) is 0 Å². The van der Waals surface area contributed by atoms with E-state index >= 15 is 0 Å². The molecule has 0 heteroatoms. The van der Waals surface area contributed by atoms with Crippen LogP contribution in [0.5, 0.6) is 0 Å². The number of allylic oxidation sites excluding steroid dienone is 7. The Morgan fingerprint density at radius 2 is 1.73 bits per heavy atom. The summed E-state index contributed by atoms with van der Waals surface area (Å²) < 4.78 is 0. The fraction of sp³-hybridized carbons (Fsp3) is 0.733. The highest BCUT2D eigenvalue weighted by molar-refractivity contribution is 5.37. The van der Waals surface area contributed by atoms with Gasteiger partial charge in [0.1, 0.15) is 0 Å². The maximum Gasteiger partial charge on any atom is -0.0143 e. The smallest absolute Gasteiger partial charge is 0.0143 e. The van der Waals surface area contributed by atoms with Crippen molar-refractivity contribution in [3.63, 3.8) is 0 Å². The first kappa shape index (κ1) is 22.2. The van der Waals surface area contributed by atoms with E-state index in [-0.39, 0.29) is 0 Å². The first-order chi connectivity index (χ1) is 14.3. The van der Waals surface area contributed by atoms with E-state index in [0.29, 0.717) is 11.3 Å². The number of rotatable bonds is 5. The molecule has 0 radical (unpaired) electrons. The van der Waals surface area contributed by atoms with Gasteiger partial charge in [-0.05, 0) is 116 Å². The maximum atomic E-state index is 4.44. The molecular formula is C30H46. The second kappa shape index (κ2) is 8.84. The zero-order chi connectivity index (χ0) is 21.5. The maximum absolute atomic E-state index is 4.44. The van der Waals surface area contributed by atoms with Crippen molar-refractivity contribution >= 4 is 0 Å². The van der Waals surface area contributed by atoms with Crippen LogP contribution in [0.3, 0.4) is 0 Å². The molecule has 0 bridgehead atoms. The average Bonchev–Trinajstić information content (AvgIpc) is 3.49. The Bertz CT molecular complexity index is 729. The third-order valence-electron chi connectivity index (χ3n) is 9.59. The van der Waals surface area contributed by atoms with Crippen molar-refractivity contribution in [2.45, 2.75) is 92.4 Å². The van der Waals surface area contributed by atoms with Crippen molar-refractivity contribution in [3.05, 3.63) is 47.6 Å². The largest absolute Gasteiger partial charge is 0.0953 e. The Hall–Kier alpha value is -1.04. The average molecular weight is 407 g/mol. The van der Waals surface area contributed by atoms with E-state index in [1.165, 1.54) is 68.9 Å². The van der Waals surface area contributed by atoms with Gasteiger partial charge in [-0.15, -0.1) is 0 Å². The summed E-state index contributed by atoms with van der Waals surface area (Å²) in [5, 5.41) is 0. The van der Waals surface area contributed by atoms with Gasteiger partial charge in [0, 0.05) is 0 Å². The minimum absolute atomic E-state index is 0.499. The van der Waals surface area contributed by atoms with E-state index in [0.717, 1.165) is 35.5 Å². The van der Waals surface area contributed by atoms with Crippen LogP contribution < -0.4 is 0 Å². The van der Waals surface area contributed by atoms with Crippen LogP contribution in [0.2, 0.25) is 0 Å². The van der Waals surface area contributed by atoms with E-state index in [4.69, 9.17) is 0 Å². The molecule has 0 amide bonds. The molecule has 166 valence electrons. The lowest BCUT2D eigenvalue weighted by molar-refractivity contribution is 0.112. The highest BCUT2D eigenvalue weighted by atomic mass is 14.5. The van der Waals surface area contributed by atoms with Crippen LogP contribution in [0.4, 0.5) is 0 Å². The molecule has 4 rings (SSSR count). The van der Waals surface area contributed by atoms with E-state index in [2.05, 4.69) is 65.5 Å². The molecule has 4 saturated carbocycles. The summed E-state index contributed by atoms with van der Waals surface area (Å²) in [6, 6.07) is 0. The molecule has 0 aromatic heterocycles. The van der Waals surface area contributed by atoms with E-state index in [9.17, 15) is 0 Å². The van der Waals surface area contributed by atoms with E-state index in [1.54, 1.807) is 5.57 Å². The van der Waals surface area contributed by atoms with Crippen LogP contribution >= 0.6 is 0 Å².